The van der Waals surface area contributed by atoms with Crippen LogP contribution in [0.2, 0.25) is 0 Å². The van der Waals surface area contributed by atoms with Gasteiger partial charge in [0.15, 0.2) is 0 Å². The molecule has 0 aliphatic carbocycles. The number of benzene rings is 1. The lowest BCUT2D eigenvalue weighted by molar-refractivity contribution is -0.141. The predicted octanol–water partition coefficient (Wildman–Crippen LogP) is 3.98. The summed E-state index contributed by atoms with van der Waals surface area (Å²) in [6.45, 7) is 5.33. The number of hydrogen-bond acceptors (Lipinski definition) is 6. The van der Waals surface area contributed by atoms with E-state index in [9.17, 15) is 14.7 Å². The highest BCUT2D eigenvalue weighted by Gasteiger charge is 2.48. The first kappa shape index (κ1) is 21.2. The van der Waals surface area contributed by atoms with Crippen molar-refractivity contribution in [1.82, 2.24) is 4.90 Å². The third-order valence-electron chi connectivity index (χ3n) is 5.60. The topological polar surface area (TPSA) is 89.2 Å². The number of aliphatic hydroxyl groups excluding tert-OH is 1. The lowest BCUT2D eigenvalue weighted by Crippen LogP contribution is -2.36. The molecular weight excluding hydrogens is 398 g/mol. The molecule has 1 amide bonds. The quantitative estimate of drug-likeness (QED) is 0.410. The van der Waals surface area contributed by atoms with Crippen molar-refractivity contribution in [2.45, 2.75) is 45.3 Å². The Hall–Kier alpha value is -3.06. The number of ether oxygens (including phenoxy) is 2. The third-order valence-corrected chi connectivity index (χ3v) is 5.60. The van der Waals surface area contributed by atoms with Crippen LogP contribution in [0.5, 0.6) is 5.75 Å². The van der Waals surface area contributed by atoms with Gasteiger partial charge in [0.25, 0.3) is 11.7 Å². The summed E-state index contributed by atoms with van der Waals surface area (Å²) >= 11 is 0. The highest BCUT2D eigenvalue weighted by molar-refractivity contribution is 6.46. The van der Waals surface area contributed by atoms with Crippen LogP contribution in [0.15, 0.2) is 46.4 Å². The third kappa shape index (κ3) is 4.23. The zero-order chi connectivity index (χ0) is 22.0. The molecule has 2 atom stereocenters. The monoisotopic (exact) mass is 425 g/mol. The first-order chi connectivity index (χ1) is 15.0. The van der Waals surface area contributed by atoms with Crippen LogP contribution >= 0.6 is 0 Å². The molecular formula is C24H27NO6. The molecule has 164 valence electrons. The average Bonchev–Trinajstić information content (AvgIpc) is 3.49. The number of carbonyl (C=O) groups excluding carboxylic acids is 2. The molecule has 3 heterocycles. The Balaban J connectivity index is 1.72. The van der Waals surface area contributed by atoms with Crippen LogP contribution in [0.4, 0.5) is 0 Å². The van der Waals surface area contributed by atoms with E-state index in [1.807, 2.05) is 6.92 Å². The van der Waals surface area contributed by atoms with Gasteiger partial charge in [-0.3, -0.25) is 9.59 Å². The largest absolute Gasteiger partial charge is 0.507 e. The van der Waals surface area contributed by atoms with Gasteiger partial charge in [0.05, 0.1) is 18.3 Å². The van der Waals surface area contributed by atoms with Crippen LogP contribution in [0.1, 0.15) is 49.3 Å². The summed E-state index contributed by atoms with van der Waals surface area (Å²) in [7, 11) is 0. The van der Waals surface area contributed by atoms with Gasteiger partial charge in [-0.05, 0) is 62.6 Å². The number of Topliss-reactive ketones (excluding diaryl/α,β-unsaturated/α-hetero) is 1. The van der Waals surface area contributed by atoms with Gasteiger partial charge in [0.1, 0.15) is 29.1 Å². The molecule has 2 fully saturated rings. The summed E-state index contributed by atoms with van der Waals surface area (Å²) in [4.78, 5) is 27.4. The summed E-state index contributed by atoms with van der Waals surface area (Å²) < 4.78 is 17.1. The summed E-state index contributed by atoms with van der Waals surface area (Å²) in [5.41, 5.74) is 0.465. The number of ketones is 1. The number of aliphatic hydroxyl groups is 1. The number of amides is 1. The molecule has 0 saturated carbocycles. The first-order valence-electron chi connectivity index (χ1n) is 10.7. The number of rotatable bonds is 7. The Bertz CT molecular complexity index is 984. The number of aryl methyl sites for hydroxylation is 1. The minimum Gasteiger partial charge on any atom is -0.507 e. The van der Waals surface area contributed by atoms with E-state index in [0.29, 0.717) is 36.0 Å². The maximum Gasteiger partial charge on any atom is 0.295 e. The van der Waals surface area contributed by atoms with E-state index in [2.05, 4.69) is 0 Å². The van der Waals surface area contributed by atoms with E-state index in [-0.39, 0.29) is 24.0 Å². The molecule has 1 N–H and O–H groups in total. The second-order valence-corrected chi connectivity index (χ2v) is 7.91. The maximum atomic E-state index is 13.0. The number of hydrogen-bond donors (Lipinski definition) is 1. The van der Waals surface area contributed by atoms with E-state index in [1.165, 1.54) is 4.90 Å². The van der Waals surface area contributed by atoms with Gasteiger partial charge in [-0.1, -0.05) is 6.92 Å². The summed E-state index contributed by atoms with van der Waals surface area (Å²) in [5, 5.41) is 11.1. The predicted molar refractivity (Wildman–Crippen MR) is 114 cm³/mol. The number of likely N-dealkylation sites (tertiary alicyclic amines) is 1. The van der Waals surface area contributed by atoms with E-state index in [4.69, 9.17) is 13.9 Å². The number of nitrogens with zero attached hydrogens (tertiary/aromatic N) is 1. The van der Waals surface area contributed by atoms with E-state index < -0.39 is 17.7 Å². The first-order valence-corrected chi connectivity index (χ1v) is 10.7. The molecule has 4 rings (SSSR count). The Morgan fingerprint density at radius 2 is 1.97 bits per heavy atom. The molecule has 2 aromatic rings. The summed E-state index contributed by atoms with van der Waals surface area (Å²) in [6, 6.07) is 9.55. The molecule has 7 nitrogen and oxygen atoms in total. The van der Waals surface area contributed by atoms with Gasteiger partial charge in [0, 0.05) is 18.7 Å². The Labute approximate surface area is 181 Å². The van der Waals surface area contributed by atoms with E-state index in [0.717, 1.165) is 19.3 Å². The SMILES string of the molecule is CCCOc1ccc(/C(O)=C2/C(=O)C(=O)N(CC3CCCO3)C2c2ccc(C)o2)cc1. The second-order valence-electron chi connectivity index (χ2n) is 7.91. The van der Waals surface area contributed by atoms with Gasteiger partial charge in [0.2, 0.25) is 0 Å². The fourth-order valence-corrected chi connectivity index (χ4v) is 4.06. The molecule has 1 aromatic carbocycles. The molecule has 2 unspecified atom stereocenters. The maximum absolute atomic E-state index is 13.0. The number of carbonyl (C=O) groups is 2. The van der Waals surface area contributed by atoms with Crippen molar-refractivity contribution in [2.24, 2.45) is 0 Å². The van der Waals surface area contributed by atoms with Crippen LogP contribution in [0.25, 0.3) is 5.76 Å². The van der Waals surface area contributed by atoms with Gasteiger partial charge in [-0.25, -0.2) is 0 Å². The van der Waals surface area contributed by atoms with Crippen LogP contribution in [0, 0.1) is 6.92 Å². The van der Waals surface area contributed by atoms with Crippen LogP contribution in [-0.2, 0) is 14.3 Å². The Morgan fingerprint density at radius 1 is 1.19 bits per heavy atom. The zero-order valence-corrected chi connectivity index (χ0v) is 17.8. The highest BCUT2D eigenvalue weighted by Crippen LogP contribution is 2.40. The lowest BCUT2D eigenvalue weighted by Gasteiger charge is -2.25. The lowest BCUT2D eigenvalue weighted by atomic mass is 9.99. The minimum atomic E-state index is -0.797. The van der Waals surface area contributed by atoms with Crippen LogP contribution in [-0.4, -0.2) is 47.6 Å². The summed E-state index contributed by atoms with van der Waals surface area (Å²) in [6.07, 6.45) is 2.50. The van der Waals surface area contributed by atoms with Gasteiger partial charge in [-0.2, -0.15) is 0 Å². The Morgan fingerprint density at radius 3 is 2.58 bits per heavy atom. The summed E-state index contributed by atoms with van der Waals surface area (Å²) in [5.74, 6) is 0.180. The molecule has 0 bridgehead atoms. The molecule has 0 radical (unpaired) electrons. The molecule has 0 spiro atoms. The Kier molecular flexibility index (Phi) is 6.13. The van der Waals surface area contributed by atoms with Crippen molar-refractivity contribution < 1.29 is 28.6 Å². The number of furan rings is 1. The molecule has 31 heavy (non-hydrogen) atoms. The van der Waals surface area contributed by atoms with E-state index >= 15 is 0 Å². The molecule has 2 aliphatic rings. The van der Waals surface area contributed by atoms with Crippen molar-refractivity contribution in [3.05, 3.63) is 59.1 Å². The van der Waals surface area contributed by atoms with Crippen LogP contribution < -0.4 is 4.74 Å². The van der Waals surface area contributed by atoms with Crippen molar-refractivity contribution in [1.29, 1.82) is 0 Å². The van der Waals surface area contributed by atoms with Crippen molar-refractivity contribution in [3.8, 4) is 5.75 Å². The molecule has 1 aromatic heterocycles. The average molecular weight is 425 g/mol. The molecule has 2 aliphatic heterocycles. The van der Waals surface area contributed by atoms with E-state index in [1.54, 1.807) is 43.3 Å². The van der Waals surface area contributed by atoms with Crippen LogP contribution in [0.3, 0.4) is 0 Å². The fourth-order valence-electron chi connectivity index (χ4n) is 4.06. The standard InChI is InChI=1S/C24H27NO6/c1-3-12-29-17-9-7-16(8-10-17)22(26)20-21(19-11-6-15(2)31-19)25(24(28)23(20)27)14-18-5-4-13-30-18/h6-11,18,21,26H,3-5,12-14H2,1-2H3/b22-20-. The fraction of sp³-hybridized carbons (Fsp3) is 0.417. The minimum absolute atomic E-state index is 0.0274. The normalized spacial score (nSPS) is 23.0. The van der Waals surface area contributed by atoms with Gasteiger partial charge in [-0.15, -0.1) is 0 Å². The molecule has 7 heteroatoms. The van der Waals surface area contributed by atoms with Crippen molar-refractivity contribution >= 4 is 17.4 Å². The van der Waals surface area contributed by atoms with Gasteiger partial charge < -0.3 is 23.9 Å². The van der Waals surface area contributed by atoms with Gasteiger partial charge >= 0.3 is 0 Å². The highest BCUT2D eigenvalue weighted by atomic mass is 16.5. The second kappa shape index (κ2) is 8.98. The zero-order valence-electron chi connectivity index (χ0n) is 17.8. The van der Waals surface area contributed by atoms with Crippen molar-refractivity contribution in [3.63, 3.8) is 0 Å². The van der Waals surface area contributed by atoms with Crippen molar-refractivity contribution in [2.75, 3.05) is 19.8 Å². The molecule has 2 saturated heterocycles. The smallest absolute Gasteiger partial charge is 0.295 e.